The van der Waals surface area contributed by atoms with E-state index in [1.54, 1.807) is 6.07 Å². The molecule has 0 saturated heterocycles. The minimum atomic E-state index is -0.480. The van der Waals surface area contributed by atoms with E-state index in [1.165, 1.54) is 25.0 Å². The minimum absolute atomic E-state index is 0.121. The van der Waals surface area contributed by atoms with Crippen LogP contribution >= 0.6 is 15.9 Å². The molecular formula is C17H23BrFNO. The molecule has 1 saturated carbocycles. The van der Waals surface area contributed by atoms with Crippen LogP contribution < -0.4 is 5.32 Å². The Morgan fingerprint density at radius 1 is 1.38 bits per heavy atom. The van der Waals surface area contributed by atoms with E-state index in [4.69, 9.17) is 0 Å². The van der Waals surface area contributed by atoms with Crippen LogP contribution in [0.25, 0.3) is 0 Å². The normalized spacial score (nSPS) is 17.2. The summed E-state index contributed by atoms with van der Waals surface area (Å²) in [5.41, 5.74) is 0.325. The summed E-state index contributed by atoms with van der Waals surface area (Å²) < 4.78 is 14.5. The Kier molecular flexibility index (Phi) is 5.42. The Labute approximate surface area is 134 Å². The molecule has 0 bridgehead atoms. The number of halogens is 2. The first-order chi connectivity index (χ1) is 9.92. The monoisotopic (exact) mass is 355 g/mol. The van der Waals surface area contributed by atoms with Gasteiger partial charge in [-0.05, 0) is 48.8 Å². The maximum atomic E-state index is 13.8. The Bertz CT molecular complexity index is 510. The van der Waals surface area contributed by atoms with E-state index in [0.717, 1.165) is 19.3 Å². The maximum absolute atomic E-state index is 13.8. The lowest BCUT2D eigenvalue weighted by Crippen LogP contribution is -2.37. The fourth-order valence-corrected chi connectivity index (χ4v) is 3.81. The topological polar surface area (TPSA) is 29.1 Å². The van der Waals surface area contributed by atoms with Crippen molar-refractivity contribution >= 4 is 21.8 Å². The number of rotatable bonds is 5. The molecule has 0 aromatic heterocycles. The second-order valence-corrected chi connectivity index (χ2v) is 7.53. The van der Waals surface area contributed by atoms with Gasteiger partial charge in [-0.2, -0.15) is 0 Å². The second kappa shape index (κ2) is 6.91. The van der Waals surface area contributed by atoms with Crippen LogP contribution in [0.15, 0.2) is 22.7 Å². The van der Waals surface area contributed by atoms with Gasteiger partial charge in [-0.25, -0.2) is 4.39 Å². The number of hydrogen-bond donors (Lipinski definition) is 1. The van der Waals surface area contributed by atoms with E-state index in [9.17, 15) is 9.18 Å². The molecule has 1 fully saturated rings. The van der Waals surface area contributed by atoms with Crippen molar-refractivity contribution in [2.45, 2.75) is 46.0 Å². The van der Waals surface area contributed by atoms with E-state index < -0.39 is 5.82 Å². The number of carbonyl (C=O) groups excluding carboxylic acids is 1. The number of nitrogens with one attached hydrogen (secondary N) is 1. The predicted octanol–water partition coefficient (Wildman–Crippen LogP) is 4.92. The van der Waals surface area contributed by atoms with Crippen LogP contribution in [0.3, 0.4) is 0 Å². The van der Waals surface area contributed by atoms with Gasteiger partial charge in [0.25, 0.3) is 5.91 Å². The van der Waals surface area contributed by atoms with Crippen LogP contribution in [0.4, 0.5) is 4.39 Å². The molecule has 1 aliphatic carbocycles. The molecule has 1 aromatic rings. The van der Waals surface area contributed by atoms with Crippen LogP contribution in [-0.2, 0) is 0 Å². The lowest BCUT2D eigenvalue weighted by molar-refractivity contribution is 0.0917. The van der Waals surface area contributed by atoms with E-state index in [1.807, 2.05) is 0 Å². The highest BCUT2D eigenvalue weighted by molar-refractivity contribution is 9.10. The lowest BCUT2D eigenvalue weighted by Gasteiger charge is -2.31. The summed E-state index contributed by atoms with van der Waals surface area (Å²) >= 11 is 3.20. The van der Waals surface area contributed by atoms with Gasteiger partial charge in [0.15, 0.2) is 0 Å². The minimum Gasteiger partial charge on any atom is -0.351 e. The van der Waals surface area contributed by atoms with Crippen molar-refractivity contribution in [3.8, 4) is 0 Å². The van der Waals surface area contributed by atoms with Crippen molar-refractivity contribution in [3.63, 3.8) is 0 Å². The van der Waals surface area contributed by atoms with E-state index >= 15 is 0 Å². The summed E-state index contributed by atoms with van der Waals surface area (Å²) in [6.07, 6.45) is 5.91. The molecular weight excluding hydrogens is 333 g/mol. The van der Waals surface area contributed by atoms with E-state index in [0.29, 0.717) is 16.9 Å². The molecule has 1 amide bonds. The number of benzene rings is 1. The van der Waals surface area contributed by atoms with Gasteiger partial charge in [-0.3, -0.25) is 4.79 Å². The third-order valence-electron chi connectivity index (χ3n) is 4.31. The Balaban J connectivity index is 2.02. The molecule has 0 atom stereocenters. The first-order valence-electron chi connectivity index (χ1n) is 7.65. The van der Waals surface area contributed by atoms with Gasteiger partial charge in [-0.15, -0.1) is 0 Å². The quantitative estimate of drug-likeness (QED) is 0.797. The molecule has 0 unspecified atom stereocenters. The summed E-state index contributed by atoms with van der Waals surface area (Å²) in [6, 6.07) is 4.55. The van der Waals surface area contributed by atoms with Crippen LogP contribution in [0.5, 0.6) is 0 Å². The van der Waals surface area contributed by atoms with Crippen molar-refractivity contribution in [1.82, 2.24) is 5.32 Å². The highest BCUT2D eigenvalue weighted by Crippen LogP contribution is 2.42. The van der Waals surface area contributed by atoms with Gasteiger partial charge in [0.2, 0.25) is 0 Å². The molecule has 0 aliphatic heterocycles. The van der Waals surface area contributed by atoms with Crippen LogP contribution in [0.2, 0.25) is 0 Å². The maximum Gasteiger partial charge on any atom is 0.254 e. The zero-order valence-corrected chi connectivity index (χ0v) is 14.3. The molecule has 116 valence electrons. The zero-order valence-electron chi connectivity index (χ0n) is 12.7. The van der Waals surface area contributed by atoms with Crippen molar-refractivity contribution in [1.29, 1.82) is 0 Å². The largest absolute Gasteiger partial charge is 0.351 e. The average Bonchev–Trinajstić information content (AvgIpc) is 2.84. The molecule has 0 heterocycles. The van der Waals surface area contributed by atoms with Gasteiger partial charge in [0.05, 0.1) is 5.56 Å². The van der Waals surface area contributed by atoms with Crippen molar-refractivity contribution in [2.75, 3.05) is 6.54 Å². The van der Waals surface area contributed by atoms with E-state index in [-0.39, 0.29) is 16.9 Å². The van der Waals surface area contributed by atoms with Gasteiger partial charge in [-0.1, -0.05) is 42.6 Å². The molecule has 1 N–H and O–H groups in total. The fraction of sp³-hybridized carbons (Fsp3) is 0.588. The average molecular weight is 356 g/mol. The van der Waals surface area contributed by atoms with Gasteiger partial charge < -0.3 is 5.32 Å². The Hall–Kier alpha value is -0.900. The number of amides is 1. The predicted molar refractivity (Wildman–Crippen MR) is 86.8 cm³/mol. The number of carbonyl (C=O) groups is 1. The number of hydrogen-bond acceptors (Lipinski definition) is 1. The third-order valence-corrected chi connectivity index (χ3v) is 4.80. The smallest absolute Gasteiger partial charge is 0.254 e. The molecule has 21 heavy (non-hydrogen) atoms. The highest BCUT2D eigenvalue weighted by atomic mass is 79.9. The van der Waals surface area contributed by atoms with E-state index in [2.05, 4.69) is 35.1 Å². The van der Waals surface area contributed by atoms with Gasteiger partial charge >= 0.3 is 0 Å². The van der Waals surface area contributed by atoms with Crippen LogP contribution in [-0.4, -0.2) is 12.5 Å². The summed E-state index contributed by atoms with van der Waals surface area (Å²) in [5.74, 6) is -0.175. The SMILES string of the molecule is CC(C)CC1(CNC(=O)c2ccc(Br)cc2F)CCCC1. The third kappa shape index (κ3) is 4.29. The van der Waals surface area contributed by atoms with Crippen LogP contribution in [0, 0.1) is 17.2 Å². The Morgan fingerprint density at radius 2 is 2.05 bits per heavy atom. The first-order valence-corrected chi connectivity index (χ1v) is 8.44. The van der Waals surface area contributed by atoms with Crippen LogP contribution in [0.1, 0.15) is 56.3 Å². The molecule has 0 spiro atoms. The van der Waals surface area contributed by atoms with Crippen molar-refractivity contribution in [3.05, 3.63) is 34.1 Å². The van der Waals surface area contributed by atoms with Crippen molar-refractivity contribution in [2.24, 2.45) is 11.3 Å². The second-order valence-electron chi connectivity index (χ2n) is 6.61. The van der Waals surface area contributed by atoms with Gasteiger partial charge in [0.1, 0.15) is 5.82 Å². The molecule has 1 aromatic carbocycles. The molecule has 2 rings (SSSR count). The summed E-state index contributed by atoms with van der Waals surface area (Å²) in [5, 5.41) is 2.95. The molecule has 2 nitrogen and oxygen atoms in total. The van der Waals surface area contributed by atoms with Crippen molar-refractivity contribution < 1.29 is 9.18 Å². The summed E-state index contributed by atoms with van der Waals surface area (Å²) in [7, 11) is 0. The lowest BCUT2D eigenvalue weighted by atomic mass is 9.78. The molecule has 1 aliphatic rings. The molecule has 0 radical (unpaired) electrons. The highest BCUT2D eigenvalue weighted by Gasteiger charge is 2.34. The fourth-order valence-electron chi connectivity index (χ4n) is 3.48. The molecule has 4 heteroatoms. The standard InChI is InChI=1S/C17H23BrFNO/c1-12(2)10-17(7-3-4-8-17)11-20-16(21)14-6-5-13(18)9-15(14)19/h5-6,9,12H,3-4,7-8,10-11H2,1-2H3,(H,20,21). The zero-order chi connectivity index (χ0) is 15.5. The first kappa shape index (κ1) is 16.5. The Morgan fingerprint density at radius 3 is 2.62 bits per heavy atom. The summed E-state index contributed by atoms with van der Waals surface area (Å²) in [4.78, 5) is 12.2. The summed E-state index contributed by atoms with van der Waals surface area (Å²) in [6.45, 7) is 5.09. The van der Waals surface area contributed by atoms with Gasteiger partial charge in [0, 0.05) is 11.0 Å².